The molecule has 2 unspecified atom stereocenters. The normalized spacial score (nSPS) is 23.3. The zero-order chi connectivity index (χ0) is 18.8. The molecule has 0 saturated carbocycles. The number of thiophene rings is 1. The Bertz CT molecular complexity index is 1020. The molecule has 2 aliphatic rings. The molecule has 142 valence electrons. The first-order chi connectivity index (χ1) is 12.9. The Morgan fingerprint density at radius 3 is 2.85 bits per heavy atom. The fourth-order valence-electron chi connectivity index (χ4n) is 4.25. The highest BCUT2D eigenvalue weighted by Gasteiger charge is 2.36. The van der Waals surface area contributed by atoms with Gasteiger partial charge in [0.1, 0.15) is 0 Å². The van der Waals surface area contributed by atoms with Gasteiger partial charge in [-0.3, -0.25) is 0 Å². The Kier molecular flexibility index (Phi) is 3.74. The van der Waals surface area contributed by atoms with Crippen LogP contribution in [0.25, 0.3) is 20.3 Å². The molecule has 9 heteroatoms. The summed E-state index contributed by atoms with van der Waals surface area (Å²) in [5, 5.41) is 4.24. The Labute approximate surface area is 157 Å². The summed E-state index contributed by atoms with van der Waals surface area (Å²) in [4.78, 5) is 11.0. The van der Waals surface area contributed by atoms with Crippen molar-refractivity contribution in [2.45, 2.75) is 25.1 Å². The number of piperidine rings is 1. The summed E-state index contributed by atoms with van der Waals surface area (Å²) in [7, 11) is 0. The molecule has 0 bridgehead atoms. The maximum absolute atomic E-state index is 13.1. The second-order valence-electron chi connectivity index (χ2n) is 7.26. The van der Waals surface area contributed by atoms with Crippen LogP contribution in [0.5, 0.6) is 0 Å². The summed E-state index contributed by atoms with van der Waals surface area (Å²) >= 11 is 1.30. The Morgan fingerprint density at radius 1 is 1.22 bits per heavy atom. The molecule has 27 heavy (non-hydrogen) atoms. The van der Waals surface area contributed by atoms with Crippen LogP contribution in [0.2, 0.25) is 0 Å². The molecule has 2 aromatic heterocycles. The van der Waals surface area contributed by atoms with Crippen molar-refractivity contribution in [1.82, 2.24) is 15.3 Å². The standard InChI is InChI=1S/C18H18F3N5S/c19-18(20,21)10-3-4-11-13(6-10)27-15-14(11)24-17(22)25-16(15)26-7-9-2-1-5-23-12(9)8-26/h3-4,6,9,12,23H,1-2,5,7-8H2,(H2,22,24,25). The lowest BCUT2D eigenvalue weighted by Gasteiger charge is -2.24. The number of nitrogen functional groups attached to an aromatic ring is 1. The minimum absolute atomic E-state index is 0.153. The van der Waals surface area contributed by atoms with Gasteiger partial charge in [0.05, 0.1) is 15.8 Å². The zero-order valence-electron chi connectivity index (χ0n) is 14.4. The number of fused-ring (bicyclic) bond motifs is 4. The molecule has 2 atom stereocenters. The van der Waals surface area contributed by atoms with Crippen molar-refractivity contribution >= 4 is 43.4 Å². The fraction of sp³-hybridized carbons (Fsp3) is 0.444. The molecule has 2 aliphatic heterocycles. The topological polar surface area (TPSA) is 67.1 Å². The molecule has 5 rings (SSSR count). The molecular weight excluding hydrogens is 375 g/mol. The van der Waals surface area contributed by atoms with E-state index in [2.05, 4.69) is 20.2 Å². The lowest BCUT2D eigenvalue weighted by Crippen LogP contribution is -2.40. The van der Waals surface area contributed by atoms with Crippen LogP contribution in [0.4, 0.5) is 24.9 Å². The average molecular weight is 393 g/mol. The van der Waals surface area contributed by atoms with Crippen molar-refractivity contribution in [3.63, 3.8) is 0 Å². The smallest absolute Gasteiger partial charge is 0.368 e. The summed E-state index contributed by atoms with van der Waals surface area (Å²) in [6.45, 7) is 2.74. The van der Waals surface area contributed by atoms with Crippen molar-refractivity contribution in [1.29, 1.82) is 0 Å². The maximum atomic E-state index is 13.1. The average Bonchev–Trinajstić information content (AvgIpc) is 3.21. The summed E-state index contributed by atoms with van der Waals surface area (Å²) in [6, 6.07) is 4.20. The molecule has 4 heterocycles. The maximum Gasteiger partial charge on any atom is 0.416 e. The number of benzene rings is 1. The Balaban J connectivity index is 1.64. The predicted molar refractivity (Wildman–Crippen MR) is 101 cm³/mol. The van der Waals surface area contributed by atoms with Gasteiger partial charge in [-0.25, -0.2) is 4.98 Å². The SMILES string of the molecule is Nc1nc(N2CC3CCCNC3C2)c2sc3cc(C(F)(F)F)ccc3c2n1. The van der Waals surface area contributed by atoms with E-state index in [1.807, 2.05) is 0 Å². The van der Waals surface area contributed by atoms with Crippen LogP contribution >= 0.6 is 11.3 Å². The molecule has 2 fully saturated rings. The van der Waals surface area contributed by atoms with E-state index in [-0.39, 0.29) is 5.95 Å². The van der Waals surface area contributed by atoms with Gasteiger partial charge in [-0.2, -0.15) is 18.2 Å². The number of rotatable bonds is 1. The van der Waals surface area contributed by atoms with Gasteiger partial charge in [-0.1, -0.05) is 6.07 Å². The molecule has 3 N–H and O–H groups in total. The van der Waals surface area contributed by atoms with Crippen LogP contribution in [-0.2, 0) is 6.18 Å². The van der Waals surface area contributed by atoms with E-state index < -0.39 is 11.7 Å². The third-order valence-corrected chi connectivity index (χ3v) is 6.68. The minimum Gasteiger partial charge on any atom is -0.368 e. The second-order valence-corrected chi connectivity index (χ2v) is 8.31. The first kappa shape index (κ1) is 17.0. The molecule has 3 aromatic rings. The summed E-state index contributed by atoms with van der Waals surface area (Å²) < 4.78 is 40.6. The largest absolute Gasteiger partial charge is 0.416 e. The van der Waals surface area contributed by atoms with E-state index in [1.54, 1.807) is 0 Å². The molecule has 2 saturated heterocycles. The van der Waals surface area contributed by atoms with Crippen molar-refractivity contribution < 1.29 is 13.2 Å². The molecule has 0 amide bonds. The quantitative estimate of drug-likeness (QED) is 0.661. The van der Waals surface area contributed by atoms with Crippen LogP contribution in [0.3, 0.4) is 0 Å². The molecule has 0 radical (unpaired) electrons. The molecule has 0 aliphatic carbocycles. The van der Waals surface area contributed by atoms with E-state index in [4.69, 9.17) is 5.73 Å². The number of hydrogen-bond donors (Lipinski definition) is 2. The number of alkyl halides is 3. The van der Waals surface area contributed by atoms with Gasteiger partial charge in [0, 0.05) is 29.2 Å². The monoisotopic (exact) mass is 393 g/mol. The van der Waals surface area contributed by atoms with Gasteiger partial charge in [0.2, 0.25) is 5.95 Å². The lowest BCUT2D eigenvalue weighted by atomic mass is 9.94. The van der Waals surface area contributed by atoms with Gasteiger partial charge in [0.25, 0.3) is 0 Å². The number of halogens is 3. The molecule has 0 spiro atoms. The van der Waals surface area contributed by atoms with Gasteiger partial charge in [-0.05, 0) is 37.4 Å². The number of nitrogens with two attached hydrogens (primary N) is 1. The van der Waals surface area contributed by atoms with Crippen molar-refractivity contribution in [2.24, 2.45) is 5.92 Å². The number of hydrogen-bond acceptors (Lipinski definition) is 6. The van der Waals surface area contributed by atoms with Gasteiger partial charge < -0.3 is 16.0 Å². The van der Waals surface area contributed by atoms with Gasteiger partial charge in [-0.15, -0.1) is 11.3 Å². The highest BCUT2D eigenvalue weighted by molar-refractivity contribution is 7.26. The molecule has 5 nitrogen and oxygen atoms in total. The number of nitrogens with one attached hydrogen (secondary N) is 1. The first-order valence-corrected chi connectivity index (χ1v) is 9.77. The highest BCUT2D eigenvalue weighted by Crippen LogP contribution is 2.42. The number of nitrogens with zero attached hydrogens (tertiary/aromatic N) is 3. The summed E-state index contributed by atoms with van der Waals surface area (Å²) in [5.74, 6) is 1.46. The third-order valence-electron chi connectivity index (χ3n) is 5.54. The summed E-state index contributed by atoms with van der Waals surface area (Å²) in [6.07, 6.45) is -2.02. The van der Waals surface area contributed by atoms with E-state index in [1.165, 1.54) is 36.3 Å². The fourth-order valence-corrected chi connectivity index (χ4v) is 5.45. The lowest BCUT2D eigenvalue weighted by molar-refractivity contribution is -0.137. The van der Waals surface area contributed by atoms with Crippen molar-refractivity contribution in [3.8, 4) is 0 Å². The zero-order valence-corrected chi connectivity index (χ0v) is 15.2. The number of anilines is 2. The van der Waals surface area contributed by atoms with Crippen LogP contribution in [0.15, 0.2) is 18.2 Å². The molecule has 1 aromatic carbocycles. The van der Waals surface area contributed by atoms with Crippen LogP contribution in [0.1, 0.15) is 18.4 Å². The van der Waals surface area contributed by atoms with Crippen LogP contribution < -0.4 is 16.0 Å². The minimum atomic E-state index is -4.37. The van der Waals surface area contributed by atoms with Crippen molar-refractivity contribution in [2.75, 3.05) is 30.3 Å². The van der Waals surface area contributed by atoms with Gasteiger partial charge in [0.15, 0.2) is 5.82 Å². The van der Waals surface area contributed by atoms with E-state index in [0.717, 1.165) is 36.2 Å². The van der Waals surface area contributed by atoms with Crippen LogP contribution in [-0.4, -0.2) is 35.6 Å². The number of aromatic nitrogens is 2. The van der Waals surface area contributed by atoms with Crippen molar-refractivity contribution in [3.05, 3.63) is 23.8 Å². The van der Waals surface area contributed by atoms with E-state index in [9.17, 15) is 13.2 Å². The highest BCUT2D eigenvalue weighted by atomic mass is 32.1. The Morgan fingerprint density at radius 2 is 2.07 bits per heavy atom. The molecular formula is C18H18F3N5S. The third kappa shape index (κ3) is 2.80. The second kappa shape index (κ2) is 5.93. The van der Waals surface area contributed by atoms with Gasteiger partial charge >= 0.3 is 6.18 Å². The van der Waals surface area contributed by atoms with E-state index in [0.29, 0.717) is 27.6 Å². The first-order valence-electron chi connectivity index (χ1n) is 8.95. The predicted octanol–water partition coefficient (Wildman–Crippen LogP) is 3.63. The summed E-state index contributed by atoms with van der Waals surface area (Å²) in [5.41, 5.74) is 5.93. The Hall–Kier alpha value is -2.13. The van der Waals surface area contributed by atoms with E-state index >= 15 is 0 Å². The van der Waals surface area contributed by atoms with Crippen LogP contribution in [0, 0.1) is 5.92 Å².